The number of hydrogen-bond acceptors (Lipinski definition) is 3. The van der Waals surface area contributed by atoms with Crippen molar-refractivity contribution in [1.82, 2.24) is 9.88 Å². The molecule has 1 aromatic heterocycles. The molecule has 1 saturated heterocycles. The van der Waals surface area contributed by atoms with Crippen LogP contribution in [0, 0.1) is 12.3 Å². The van der Waals surface area contributed by atoms with Gasteiger partial charge in [-0.15, -0.1) is 0 Å². The summed E-state index contributed by atoms with van der Waals surface area (Å²) in [7, 11) is 1.38. The van der Waals surface area contributed by atoms with Gasteiger partial charge in [0.1, 0.15) is 0 Å². The lowest BCUT2D eigenvalue weighted by Crippen LogP contribution is -2.35. The number of aromatic nitrogens is 1. The van der Waals surface area contributed by atoms with E-state index in [2.05, 4.69) is 4.98 Å². The van der Waals surface area contributed by atoms with Gasteiger partial charge in [0.05, 0.1) is 18.1 Å². The van der Waals surface area contributed by atoms with Crippen molar-refractivity contribution < 1.29 is 14.3 Å². The predicted molar refractivity (Wildman–Crippen MR) is 66.2 cm³/mol. The maximum Gasteiger partial charge on any atom is 0.313 e. The van der Waals surface area contributed by atoms with Crippen LogP contribution in [0.1, 0.15) is 29.4 Å². The fourth-order valence-corrected chi connectivity index (χ4v) is 2.40. The maximum atomic E-state index is 12.3. The topological polar surface area (TPSA) is 62.4 Å². The van der Waals surface area contributed by atoms with Crippen molar-refractivity contribution in [2.45, 2.75) is 20.3 Å². The molecule has 1 amide bonds. The highest BCUT2D eigenvalue weighted by Crippen LogP contribution is 2.32. The van der Waals surface area contributed by atoms with Gasteiger partial charge in [0.2, 0.25) is 0 Å². The van der Waals surface area contributed by atoms with E-state index in [9.17, 15) is 9.59 Å². The summed E-state index contributed by atoms with van der Waals surface area (Å²) in [6, 6.07) is 1.77. The van der Waals surface area contributed by atoms with E-state index < -0.39 is 5.41 Å². The van der Waals surface area contributed by atoms with Gasteiger partial charge < -0.3 is 14.6 Å². The van der Waals surface area contributed by atoms with Gasteiger partial charge in [-0.3, -0.25) is 9.59 Å². The number of esters is 1. The molecule has 0 saturated carbocycles. The number of H-pyrrole nitrogens is 1. The number of aromatic amines is 1. The third-order valence-corrected chi connectivity index (χ3v) is 3.62. The molecule has 2 heterocycles. The number of nitrogens with zero attached hydrogens (tertiary/aromatic N) is 1. The SMILES string of the molecule is COC(=O)[C@]1(C)CCN(C(=O)c2cc[nH]c2C)C1. The Bertz CT molecular complexity index is 480. The molecule has 0 aromatic carbocycles. The molecule has 2 rings (SSSR count). The maximum absolute atomic E-state index is 12.3. The number of aryl methyl sites for hydroxylation is 1. The Morgan fingerprint density at radius 3 is 2.78 bits per heavy atom. The molecular formula is C13H18N2O3. The molecule has 1 N–H and O–H groups in total. The van der Waals surface area contributed by atoms with Crippen molar-refractivity contribution in [1.29, 1.82) is 0 Å². The summed E-state index contributed by atoms with van der Waals surface area (Å²) in [4.78, 5) is 28.7. The van der Waals surface area contributed by atoms with Gasteiger partial charge in [-0.25, -0.2) is 0 Å². The molecule has 0 aliphatic carbocycles. The van der Waals surface area contributed by atoms with Crippen molar-refractivity contribution in [3.63, 3.8) is 0 Å². The van der Waals surface area contributed by atoms with E-state index in [1.165, 1.54) is 7.11 Å². The second-order valence-electron chi connectivity index (χ2n) is 5.05. The first kappa shape index (κ1) is 12.7. The highest BCUT2D eigenvalue weighted by atomic mass is 16.5. The number of nitrogens with one attached hydrogen (secondary N) is 1. The molecule has 1 fully saturated rings. The van der Waals surface area contributed by atoms with Gasteiger partial charge in [0.25, 0.3) is 5.91 Å². The van der Waals surface area contributed by atoms with Gasteiger partial charge in [-0.1, -0.05) is 0 Å². The molecule has 1 aromatic rings. The van der Waals surface area contributed by atoms with E-state index in [1.807, 2.05) is 13.8 Å². The number of amides is 1. The summed E-state index contributed by atoms with van der Waals surface area (Å²) in [6.45, 7) is 4.72. The van der Waals surface area contributed by atoms with E-state index in [4.69, 9.17) is 4.74 Å². The Kier molecular flexibility index (Phi) is 3.15. The molecule has 5 nitrogen and oxygen atoms in total. The molecule has 1 atom stereocenters. The van der Waals surface area contributed by atoms with Crippen LogP contribution < -0.4 is 0 Å². The van der Waals surface area contributed by atoms with Crippen LogP contribution in [0.4, 0.5) is 0 Å². The Balaban J connectivity index is 2.12. The quantitative estimate of drug-likeness (QED) is 0.806. The molecule has 0 unspecified atom stereocenters. The lowest BCUT2D eigenvalue weighted by molar-refractivity contribution is -0.150. The van der Waals surface area contributed by atoms with Crippen LogP contribution in [0.5, 0.6) is 0 Å². The number of rotatable bonds is 2. The minimum absolute atomic E-state index is 0.0265. The van der Waals surface area contributed by atoms with Gasteiger partial charge in [-0.2, -0.15) is 0 Å². The molecule has 0 spiro atoms. The Labute approximate surface area is 106 Å². The predicted octanol–water partition coefficient (Wildman–Crippen LogP) is 1.35. The van der Waals surface area contributed by atoms with E-state index in [1.54, 1.807) is 17.2 Å². The highest BCUT2D eigenvalue weighted by Gasteiger charge is 2.43. The molecule has 0 bridgehead atoms. The second kappa shape index (κ2) is 4.48. The Morgan fingerprint density at radius 1 is 1.50 bits per heavy atom. The number of carbonyl (C=O) groups excluding carboxylic acids is 2. The summed E-state index contributed by atoms with van der Waals surface area (Å²) in [5.41, 5.74) is 0.949. The van der Waals surface area contributed by atoms with Crippen LogP contribution in [0.3, 0.4) is 0 Å². The van der Waals surface area contributed by atoms with Crippen LogP contribution in [-0.2, 0) is 9.53 Å². The third kappa shape index (κ3) is 2.00. The van der Waals surface area contributed by atoms with Gasteiger partial charge in [0, 0.05) is 25.0 Å². The molecule has 5 heteroatoms. The number of methoxy groups -OCH3 is 1. The third-order valence-electron chi connectivity index (χ3n) is 3.62. The Morgan fingerprint density at radius 2 is 2.22 bits per heavy atom. The van der Waals surface area contributed by atoms with Crippen LogP contribution >= 0.6 is 0 Å². The smallest absolute Gasteiger partial charge is 0.313 e. The van der Waals surface area contributed by atoms with Crippen LogP contribution in [0.15, 0.2) is 12.3 Å². The van der Waals surface area contributed by atoms with Crippen molar-refractivity contribution in [3.05, 3.63) is 23.5 Å². The minimum atomic E-state index is -0.575. The van der Waals surface area contributed by atoms with Crippen LogP contribution in [0.2, 0.25) is 0 Å². The summed E-state index contributed by atoms with van der Waals surface area (Å²) >= 11 is 0. The molecule has 0 radical (unpaired) electrons. The lowest BCUT2D eigenvalue weighted by Gasteiger charge is -2.21. The van der Waals surface area contributed by atoms with E-state index in [0.717, 1.165) is 5.69 Å². The van der Waals surface area contributed by atoms with Crippen molar-refractivity contribution in [2.75, 3.05) is 20.2 Å². The average Bonchev–Trinajstić information content (AvgIpc) is 2.95. The number of ether oxygens (including phenoxy) is 1. The van der Waals surface area contributed by atoms with Gasteiger partial charge in [0.15, 0.2) is 0 Å². The second-order valence-corrected chi connectivity index (χ2v) is 5.05. The fraction of sp³-hybridized carbons (Fsp3) is 0.538. The van der Waals surface area contributed by atoms with E-state index in [0.29, 0.717) is 25.1 Å². The minimum Gasteiger partial charge on any atom is -0.469 e. The number of carbonyl (C=O) groups is 2. The first-order chi connectivity index (χ1) is 8.48. The summed E-state index contributed by atoms with van der Waals surface area (Å²) in [6.07, 6.45) is 2.40. The van der Waals surface area contributed by atoms with Gasteiger partial charge >= 0.3 is 5.97 Å². The van der Waals surface area contributed by atoms with Gasteiger partial charge in [-0.05, 0) is 26.3 Å². The fourth-order valence-electron chi connectivity index (χ4n) is 2.40. The molecular weight excluding hydrogens is 232 g/mol. The summed E-state index contributed by atoms with van der Waals surface area (Å²) in [5.74, 6) is -0.273. The molecule has 18 heavy (non-hydrogen) atoms. The molecule has 1 aliphatic rings. The zero-order chi connectivity index (χ0) is 13.3. The standard InChI is InChI=1S/C13H18N2O3/c1-9-10(4-6-14-9)11(16)15-7-5-13(2,8-15)12(17)18-3/h4,6,14H,5,7-8H2,1-3H3/t13-/m1/s1. The molecule has 98 valence electrons. The largest absolute Gasteiger partial charge is 0.469 e. The van der Waals surface area contributed by atoms with E-state index in [-0.39, 0.29) is 11.9 Å². The van der Waals surface area contributed by atoms with Crippen LogP contribution in [0.25, 0.3) is 0 Å². The lowest BCUT2D eigenvalue weighted by atomic mass is 9.90. The number of hydrogen-bond donors (Lipinski definition) is 1. The van der Waals surface area contributed by atoms with Crippen molar-refractivity contribution in [3.8, 4) is 0 Å². The first-order valence-electron chi connectivity index (χ1n) is 5.99. The van der Waals surface area contributed by atoms with Crippen LogP contribution in [-0.4, -0.2) is 42.0 Å². The molecule has 1 aliphatic heterocycles. The van der Waals surface area contributed by atoms with E-state index >= 15 is 0 Å². The zero-order valence-corrected chi connectivity index (χ0v) is 10.9. The normalized spacial score (nSPS) is 23.2. The summed E-state index contributed by atoms with van der Waals surface area (Å²) in [5, 5.41) is 0. The number of likely N-dealkylation sites (tertiary alicyclic amines) is 1. The monoisotopic (exact) mass is 250 g/mol. The van der Waals surface area contributed by atoms with Crippen molar-refractivity contribution in [2.24, 2.45) is 5.41 Å². The highest BCUT2D eigenvalue weighted by molar-refractivity contribution is 5.96. The average molecular weight is 250 g/mol. The zero-order valence-electron chi connectivity index (χ0n) is 10.9. The Hall–Kier alpha value is -1.78. The summed E-state index contributed by atoms with van der Waals surface area (Å²) < 4.78 is 4.80. The first-order valence-corrected chi connectivity index (χ1v) is 5.99. The van der Waals surface area contributed by atoms with Crippen molar-refractivity contribution >= 4 is 11.9 Å².